The zero-order chi connectivity index (χ0) is 18.0. The van der Waals surface area contributed by atoms with Gasteiger partial charge < -0.3 is 15.4 Å². The average Bonchev–Trinajstić information content (AvgIpc) is 2.70. The van der Waals surface area contributed by atoms with Gasteiger partial charge in [0.25, 0.3) is 5.91 Å². The predicted molar refractivity (Wildman–Crippen MR) is 100 cm³/mol. The first kappa shape index (κ1) is 18.3. The van der Waals surface area contributed by atoms with Gasteiger partial charge in [0.05, 0.1) is 13.2 Å². The Morgan fingerprint density at radius 1 is 1.12 bits per heavy atom. The molecule has 1 aliphatic heterocycles. The maximum atomic E-state index is 12.3. The molecule has 2 aromatic rings. The van der Waals surface area contributed by atoms with Crippen LogP contribution in [0.4, 0.5) is 5.95 Å². The zero-order valence-electron chi connectivity index (χ0n) is 14.9. The van der Waals surface area contributed by atoms with Crippen molar-refractivity contribution in [2.24, 2.45) is 0 Å². The quantitative estimate of drug-likeness (QED) is 0.741. The SMILES string of the molecule is O=C(NCCc1ccccc1)c1ccnc(NCCN2CCOCC2)n1. The fourth-order valence-electron chi connectivity index (χ4n) is 2.78. The van der Waals surface area contributed by atoms with Gasteiger partial charge in [-0.05, 0) is 18.1 Å². The maximum Gasteiger partial charge on any atom is 0.270 e. The van der Waals surface area contributed by atoms with E-state index in [4.69, 9.17) is 4.74 Å². The Kier molecular flexibility index (Phi) is 6.92. The van der Waals surface area contributed by atoms with E-state index < -0.39 is 0 Å². The molecule has 7 heteroatoms. The minimum absolute atomic E-state index is 0.181. The van der Waals surface area contributed by atoms with E-state index in [0.29, 0.717) is 18.2 Å². The standard InChI is InChI=1S/C19H25N5O2/c25-18(20-8-6-16-4-2-1-3-5-16)17-7-9-21-19(23-17)22-10-11-24-12-14-26-15-13-24/h1-5,7,9H,6,8,10-15H2,(H,20,25)(H,21,22,23). The number of ether oxygens (including phenoxy) is 1. The second-order valence-corrected chi connectivity index (χ2v) is 6.14. The molecule has 0 atom stereocenters. The van der Waals surface area contributed by atoms with Crippen LogP contribution in [0.5, 0.6) is 0 Å². The van der Waals surface area contributed by atoms with Crippen molar-refractivity contribution < 1.29 is 9.53 Å². The Morgan fingerprint density at radius 3 is 2.73 bits per heavy atom. The topological polar surface area (TPSA) is 79.4 Å². The molecule has 1 aromatic carbocycles. The largest absolute Gasteiger partial charge is 0.379 e. The van der Waals surface area contributed by atoms with E-state index in [9.17, 15) is 4.79 Å². The summed E-state index contributed by atoms with van der Waals surface area (Å²) in [6, 6.07) is 11.7. The van der Waals surface area contributed by atoms with Crippen molar-refractivity contribution in [1.29, 1.82) is 0 Å². The summed E-state index contributed by atoms with van der Waals surface area (Å²) in [5.41, 5.74) is 1.57. The van der Waals surface area contributed by atoms with Gasteiger partial charge >= 0.3 is 0 Å². The highest BCUT2D eigenvalue weighted by Gasteiger charge is 2.11. The van der Waals surface area contributed by atoms with E-state index in [1.807, 2.05) is 30.3 Å². The normalized spacial score (nSPS) is 14.8. The molecular weight excluding hydrogens is 330 g/mol. The summed E-state index contributed by atoms with van der Waals surface area (Å²) in [5, 5.41) is 6.09. The first-order chi connectivity index (χ1) is 12.8. The van der Waals surface area contributed by atoms with Gasteiger partial charge in [-0.25, -0.2) is 9.97 Å². The average molecular weight is 355 g/mol. The summed E-state index contributed by atoms with van der Waals surface area (Å²) in [6.07, 6.45) is 2.40. The fraction of sp³-hybridized carbons (Fsp3) is 0.421. The number of anilines is 1. The number of nitrogens with zero attached hydrogens (tertiary/aromatic N) is 3. The molecule has 0 bridgehead atoms. The third-order valence-electron chi connectivity index (χ3n) is 4.25. The van der Waals surface area contributed by atoms with Crippen LogP contribution in [0.1, 0.15) is 16.1 Å². The van der Waals surface area contributed by atoms with Gasteiger partial charge in [0.15, 0.2) is 0 Å². The molecule has 1 aliphatic rings. The minimum atomic E-state index is -0.181. The second kappa shape index (κ2) is 9.84. The van der Waals surface area contributed by atoms with Crippen LogP contribution in [0, 0.1) is 0 Å². The molecule has 0 saturated carbocycles. The molecular formula is C19H25N5O2. The first-order valence-corrected chi connectivity index (χ1v) is 9.00. The predicted octanol–water partition coefficient (Wildman–Crippen LogP) is 1.19. The first-order valence-electron chi connectivity index (χ1n) is 9.00. The van der Waals surface area contributed by atoms with Crippen molar-refractivity contribution >= 4 is 11.9 Å². The summed E-state index contributed by atoms with van der Waals surface area (Å²) in [4.78, 5) is 23.1. The number of carbonyl (C=O) groups is 1. The zero-order valence-corrected chi connectivity index (χ0v) is 14.9. The van der Waals surface area contributed by atoms with Crippen molar-refractivity contribution in [3.63, 3.8) is 0 Å². The van der Waals surface area contributed by atoms with Gasteiger partial charge in [0.2, 0.25) is 5.95 Å². The van der Waals surface area contributed by atoms with Gasteiger partial charge in [-0.15, -0.1) is 0 Å². The molecule has 0 radical (unpaired) electrons. The van der Waals surface area contributed by atoms with E-state index in [1.54, 1.807) is 12.3 Å². The Labute approximate surface area is 153 Å². The molecule has 3 rings (SSSR count). The second-order valence-electron chi connectivity index (χ2n) is 6.14. The highest BCUT2D eigenvalue weighted by atomic mass is 16.5. The Morgan fingerprint density at radius 2 is 1.92 bits per heavy atom. The number of carbonyl (C=O) groups excluding carboxylic acids is 1. The summed E-state index contributed by atoms with van der Waals surface area (Å²) < 4.78 is 5.34. The van der Waals surface area contributed by atoms with Crippen molar-refractivity contribution in [1.82, 2.24) is 20.2 Å². The van der Waals surface area contributed by atoms with Crippen molar-refractivity contribution in [3.8, 4) is 0 Å². The molecule has 1 aromatic heterocycles. The number of aromatic nitrogens is 2. The third-order valence-corrected chi connectivity index (χ3v) is 4.25. The van der Waals surface area contributed by atoms with E-state index in [-0.39, 0.29) is 5.91 Å². The van der Waals surface area contributed by atoms with E-state index in [1.165, 1.54) is 5.56 Å². The lowest BCUT2D eigenvalue weighted by atomic mass is 10.1. The number of rotatable bonds is 8. The van der Waals surface area contributed by atoms with Gasteiger partial charge in [-0.3, -0.25) is 9.69 Å². The molecule has 2 N–H and O–H groups in total. The van der Waals surface area contributed by atoms with Gasteiger partial charge in [-0.1, -0.05) is 30.3 Å². The van der Waals surface area contributed by atoms with Crippen LogP contribution in [-0.2, 0) is 11.2 Å². The number of morpholine rings is 1. The lowest BCUT2D eigenvalue weighted by Gasteiger charge is -2.26. The monoisotopic (exact) mass is 355 g/mol. The van der Waals surface area contributed by atoms with Crippen molar-refractivity contribution in [2.75, 3.05) is 51.3 Å². The lowest BCUT2D eigenvalue weighted by molar-refractivity contribution is 0.0398. The molecule has 1 saturated heterocycles. The molecule has 26 heavy (non-hydrogen) atoms. The van der Waals surface area contributed by atoms with E-state index >= 15 is 0 Å². The molecule has 2 heterocycles. The number of benzene rings is 1. The Bertz CT molecular complexity index is 689. The number of nitrogens with one attached hydrogen (secondary N) is 2. The van der Waals surface area contributed by atoms with Crippen LogP contribution < -0.4 is 10.6 Å². The van der Waals surface area contributed by atoms with Crippen LogP contribution in [0.15, 0.2) is 42.6 Å². The third kappa shape index (κ3) is 5.79. The Hall–Kier alpha value is -2.51. The van der Waals surface area contributed by atoms with Gasteiger partial charge in [0, 0.05) is 38.9 Å². The van der Waals surface area contributed by atoms with Crippen LogP contribution in [0.25, 0.3) is 0 Å². The van der Waals surface area contributed by atoms with Crippen LogP contribution >= 0.6 is 0 Å². The fourth-order valence-corrected chi connectivity index (χ4v) is 2.78. The summed E-state index contributed by atoms with van der Waals surface area (Å²) >= 11 is 0. The van der Waals surface area contributed by atoms with E-state index in [2.05, 4.69) is 25.5 Å². The van der Waals surface area contributed by atoms with Crippen LogP contribution in [0.3, 0.4) is 0 Å². The van der Waals surface area contributed by atoms with E-state index in [0.717, 1.165) is 45.8 Å². The minimum Gasteiger partial charge on any atom is -0.379 e. The summed E-state index contributed by atoms with van der Waals surface area (Å²) in [7, 11) is 0. The number of hydrogen-bond acceptors (Lipinski definition) is 6. The molecule has 1 amide bonds. The molecule has 1 fully saturated rings. The van der Waals surface area contributed by atoms with Gasteiger partial charge in [0.1, 0.15) is 5.69 Å². The molecule has 0 spiro atoms. The molecule has 7 nitrogen and oxygen atoms in total. The maximum absolute atomic E-state index is 12.3. The highest BCUT2D eigenvalue weighted by Crippen LogP contribution is 2.02. The summed E-state index contributed by atoms with van der Waals surface area (Å²) in [5.74, 6) is 0.300. The van der Waals surface area contributed by atoms with Crippen molar-refractivity contribution in [2.45, 2.75) is 6.42 Å². The number of amides is 1. The summed E-state index contributed by atoms with van der Waals surface area (Å²) in [6.45, 7) is 5.69. The Balaban J connectivity index is 1.42. The van der Waals surface area contributed by atoms with Crippen molar-refractivity contribution in [3.05, 3.63) is 53.9 Å². The number of hydrogen-bond donors (Lipinski definition) is 2. The smallest absolute Gasteiger partial charge is 0.270 e. The lowest BCUT2D eigenvalue weighted by Crippen LogP contribution is -2.39. The van der Waals surface area contributed by atoms with Gasteiger partial charge in [-0.2, -0.15) is 0 Å². The molecule has 138 valence electrons. The van der Waals surface area contributed by atoms with Crippen LogP contribution in [-0.4, -0.2) is 66.7 Å². The molecule has 0 unspecified atom stereocenters. The molecule has 0 aliphatic carbocycles. The highest BCUT2D eigenvalue weighted by molar-refractivity contribution is 5.92. The van der Waals surface area contributed by atoms with Crippen LogP contribution in [0.2, 0.25) is 0 Å².